The molecule has 0 aliphatic heterocycles. The second-order valence-electron chi connectivity index (χ2n) is 6.09. The highest BCUT2D eigenvalue weighted by atomic mass is 32.1. The molecule has 27 heavy (non-hydrogen) atoms. The molecule has 0 aliphatic carbocycles. The molecule has 2 aromatic heterocycles. The van der Waals surface area contributed by atoms with Crippen molar-refractivity contribution in [1.82, 2.24) is 4.98 Å². The Labute approximate surface area is 162 Å². The number of amides is 1. The summed E-state index contributed by atoms with van der Waals surface area (Å²) in [7, 11) is 0. The first-order valence-corrected chi connectivity index (χ1v) is 9.46. The van der Waals surface area contributed by atoms with Gasteiger partial charge in [0.2, 0.25) is 0 Å². The Morgan fingerprint density at radius 2 is 2.00 bits per heavy atom. The van der Waals surface area contributed by atoms with E-state index in [4.69, 9.17) is 4.74 Å². The average molecular weight is 380 g/mol. The predicted molar refractivity (Wildman–Crippen MR) is 107 cm³/mol. The first kappa shape index (κ1) is 18.8. The Morgan fingerprint density at radius 1 is 1.19 bits per heavy atom. The lowest BCUT2D eigenvalue weighted by Crippen LogP contribution is -2.15. The number of nitrogens with one attached hydrogen (secondary N) is 1. The van der Waals surface area contributed by atoms with Crippen molar-refractivity contribution in [3.63, 3.8) is 0 Å². The molecule has 0 atom stereocenters. The number of nitrogens with zero attached hydrogens (tertiary/aromatic N) is 1. The molecule has 0 fully saturated rings. The van der Waals surface area contributed by atoms with Gasteiger partial charge in [0, 0.05) is 23.3 Å². The molecule has 3 rings (SSSR count). The van der Waals surface area contributed by atoms with Crippen LogP contribution in [0.25, 0.3) is 11.1 Å². The standard InChI is InChI=1S/C21H20N2O3S/c1-4-26-21(25)18-17(16-8-7-13(2)10-14(16)3)12-27-20(18)23-19(24)15-6-5-9-22-11-15/h5-12H,4H2,1-3H3,(H,23,24). The van der Waals surface area contributed by atoms with Gasteiger partial charge in [-0.1, -0.05) is 23.8 Å². The highest BCUT2D eigenvalue weighted by Gasteiger charge is 2.24. The molecule has 0 aliphatic rings. The van der Waals surface area contributed by atoms with Crippen molar-refractivity contribution in [2.45, 2.75) is 20.8 Å². The lowest BCUT2D eigenvalue weighted by molar-refractivity contribution is 0.0529. The Bertz CT molecular complexity index is 980. The number of ether oxygens (including phenoxy) is 1. The van der Waals surface area contributed by atoms with Crippen LogP contribution in [0.15, 0.2) is 48.1 Å². The number of carbonyl (C=O) groups excluding carboxylic acids is 2. The minimum atomic E-state index is -0.449. The Hall–Kier alpha value is -2.99. The van der Waals surface area contributed by atoms with Gasteiger partial charge in [0.1, 0.15) is 10.6 Å². The third kappa shape index (κ3) is 4.06. The molecule has 0 saturated heterocycles. The lowest BCUT2D eigenvalue weighted by Gasteiger charge is -2.11. The third-order valence-corrected chi connectivity index (χ3v) is 4.99. The largest absolute Gasteiger partial charge is 0.462 e. The van der Waals surface area contributed by atoms with Gasteiger partial charge in [-0.2, -0.15) is 0 Å². The van der Waals surface area contributed by atoms with E-state index in [-0.39, 0.29) is 12.5 Å². The maximum absolute atomic E-state index is 12.6. The zero-order valence-corrected chi connectivity index (χ0v) is 16.2. The number of aryl methyl sites for hydroxylation is 2. The van der Waals surface area contributed by atoms with Crippen LogP contribution < -0.4 is 5.32 Å². The number of hydrogen-bond acceptors (Lipinski definition) is 5. The zero-order valence-electron chi connectivity index (χ0n) is 15.4. The summed E-state index contributed by atoms with van der Waals surface area (Å²) in [5.41, 5.74) is 4.72. The summed E-state index contributed by atoms with van der Waals surface area (Å²) in [6.07, 6.45) is 3.09. The van der Waals surface area contributed by atoms with Crippen LogP contribution in [0, 0.1) is 13.8 Å². The summed E-state index contributed by atoms with van der Waals surface area (Å²) in [5, 5.41) is 5.17. The van der Waals surface area contributed by atoms with Crippen LogP contribution in [0.2, 0.25) is 0 Å². The Kier molecular flexibility index (Phi) is 5.66. The summed E-state index contributed by atoms with van der Waals surface area (Å²) < 4.78 is 5.24. The van der Waals surface area contributed by atoms with E-state index in [1.165, 1.54) is 17.5 Å². The Morgan fingerprint density at radius 3 is 2.67 bits per heavy atom. The molecule has 1 aromatic carbocycles. The zero-order chi connectivity index (χ0) is 19.4. The Balaban J connectivity index is 2.03. The molecular weight excluding hydrogens is 360 g/mol. The summed E-state index contributed by atoms with van der Waals surface area (Å²) in [4.78, 5) is 29.1. The van der Waals surface area contributed by atoms with E-state index >= 15 is 0 Å². The molecule has 1 amide bonds. The summed E-state index contributed by atoms with van der Waals surface area (Å²) in [6, 6.07) is 9.42. The van der Waals surface area contributed by atoms with Crippen molar-refractivity contribution >= 4 is 28.2 Å². The van der Waals surface area contributed by atoms with Gasteiger partial charge in [-0.25, -0.2) is 4.79 Å². The van der Waals surface area contributed by atoms with Crippen LogP contribution in [0.5, 0.6) is 0 Å². The van der Waals surface area contributed by atoms with Gasteiger partial charge in [0.25, 0.3) is 5.91 Å². The van der Waals surface area contributed by atoms with Crippen LogP contribution in [-0.4, -0.2) is 23.5 Å². The van der Waals surface area contributed by atoms with Gasteiger partial charge < -0.3 is 10.1 Å². The van der Waals surface area contributed by atoms with Crippen molar-refractivity contribution in [1.29, 1.82) is 0 Å². The molecule has 2 heterocycles. The fraction of sp³-hybridized carbons (Fsp3) is 0.190. The summed E-state index contributed by atoms with van der Waals surface area (Å²) in [5.74, 6) is -0.766. The van der Waals surface area contributed by atoms with E-state index in [1.54, 1.807) is 25.3 Å². The summed E-state index contributed by atoms with van der Waals surface area (Å²) >= 11 is 1.31. The number of anilines is 1. The number of esters is 1. The third-order valence-electron chi connectivity index (χ3n) is 4.09. The van der Waals surface area contributed by atoms with Crippen molar-refractivity contribution in [2.24, 2.45) is 0 Å². The quantitative estimate of drug-likeness (QED) is 0.642. The highest BCUT2D eigenvalue weighted by Crippen LogP contribution is 2.38. The SMILES string of the molecule is CCOC(=O)c1c(-c2ccc(C)cc2C)csc1NC(=O)c1cccnc1. The summed E-state index contributed by atoms with van der Waals surface area (Å²) in [6.45, 7) is 6.05. The first-order valence-electron chi connectivity index (χ1n) is 8.59. The van der Waals surface area contributed by atoms with Gasteiger partial charge >= 0.3 is 5.97 Å². The van der Waals surface area contributed by atoms with Crippen molar-refractivity contribution in [2.75, 3.05) is 11.9 Å². The van der Waals surface area contributed by atoms with Crippen LogP contribution >= 0.6 is 11.3 Å². The van der Waals surface area contributed by atoms with E-state index in [2.05, 4.69) is 16.4 Å². The van der Waals surface area contributed by atoms with Crippen molar-refractivity contribution < 1.29 is 14.3 Å². The van der Waals surface area contributed by atoms with Gasteiger partial charge in [0.05, 0.1) is 12.2 Å². The normalized spacial score (nSPS) is 10.5. The van der Waals surface area contributed by atoms with E-state index in [1.807, 2.05) is 31.4 Å². The molecule has 0 saturated carbocycles. The molecule has 5 nitrogen and oxygen atoms in total. The van der Waals surface area contributed by atoms with Crippen molar-refractivity contribution in [3.8, 4) is 11.1 Å². The topological polar surface area (TPSA) is 68.3 Å². The number of benzene rings is 1. The second kappa shape index (κ2) is 8.14. The number of rotatable bonds is 5. The molecule has 0 spiro atoms. The number of carbonyl (C=O) groups is 2. The van der Waals surface area contributed by atoms with E-state index in [0.717, 1.165) is 22.3 Å². The molecule has 3 aromatic rings. The van der Waals surface area contributed by atoms with E-state index < -0.39 is 5.97 Å². The molecular formula is C21H20N2O3S. The molecule has 0 bridgehead atoms. The van der Waals surface area contributed by atoms with Crippen LogP contribution in [-0.2, 0) is 4.74 Å². The molecule has 1 N–H and O–H groups in total. The van der Waals surface area contributed by atoms with Gasteiger partial charge in [-0.05, 0) is 44.0 Å². The highest BCUT2D eigenvalue weighted by molar-refractivity contribution is 7.15. The smallest absolute Gasteiger partial charge is 0.341 e. The molecule has 0 unspecified atom stereocenters. The fourth-order valence-corrected chi connectivity index (χ4v) is 3.79. The van der Waals surface area contributed by atoms with Crippen LogP contribution in [0.4, 0.5) is 5.00 Å². The minimum absolute atomic E-state index is 0.261. The first-order chi connectivity index (χ1) is 13.0. The van der Waals surface area contributed by atoms with E-state index in [9.17, 15) is 9.59 Å². The van der Waals surface area contributed by atoms with Gasteiger partial charge in [-0.3, -0.25) is 9.78 Å². The number of aromatic nitrogens is 1. The van der Waals surface area contributed by atoms with Crippen LogP contribution in [0.1, 0.15) is 38.8 Å². The number of pyridine rings is 1. The monoisotopic (exact) mass is 380 g/mol. The second-order valence-corrected chi connectivity index (χ2v) is 6.97. The van der Waals surface area contributed by atoms with Gasteiger partial charge in [0.15, 0.2) is 0 Å². The van der Waals surface area contributed by atoms with E-state index in [0.29, 0.717) is 16.1 Å². The van der Waals surface area contributed by atoms with Gasteiger partial charge in [-0.15, -0.1) is 11.3 Å². The molecule has 138 valence electrons. The molecule has 0 radical (unpaired) electrons. The van der Waals surface area contributed by atoms with Crippen LogP contribution in [0.3, 0.4) is 0 Å². The molecule has 6 heteroatoms. The predicted octanol–water partition coefficient (Wildman–Crippen LogP) is 4.86. The fourth-order valence-electron chi connectivity index (χ4n) is 2.84. The number of hydrogen-bond donors (Lipinski definition) is 1. The lowest BCUT2D eigenvalue weighted by atomic mass is 9.97. The average Bonchev–Trinajstić information content (AvgIpc) is 3.06. The maximum atomic E-state index is 12.6. The number of thiophene rings is 1. The minimum Gasteiger partial charge on any atom is -0.462 e. The van der Waals surface area contributed by atoms with Crippen molar-refractivity contribution in [3.05, 3.63) is 70.4 Å². The maximum Gasteiger partial charge on any atom is 0.341 e.